The zero-order valence-electron chi connectivity index (χ0n) is 26.8. The van der Waals surface area contributed by atoms with Crippen molar-refractivity contribution in [2.24, 2.45) is 0 Å². The molecule has 8 aromatic carbocycles. The van der Waals surface area contributed by atoms with Crippen LogP contribution in [0.5, 0.6) is 5.75 Å². The molecule has 2 N–H and O–H groups in total. The van der Waals surface area contributed by atoms with Crippen LogP contribution in [0.3, 0.4) is 0 Å². The Hall–Kier alpha value is -6.63. The van der Waals surface area contributed by atoms with E-state index < -0.39 is 0 Å². The number of fused-ring (bicyclic) bond motifs is 3. The minimum Gasteiger partial charge on any atom is -0.487 e. The second-order valence-electron chi connectivity index (χ2n) is 12.2. The van der Waals surface area contributed by atoms with E-state index in [1.165, 1.54) is 32.7 Å². The van der Waals surface area contributed by atoms with Gasteiger partial charge in [0.05, 0.1) is 17.3 Å². The standard InChI is InChI=1S/C46H32N2O/c47-29-31-14-18-33(19-15-31)34-22-24-35(25-23-34)39-27-44(36-8-2-1-3-9-36)46(48)45(28-39)49-30-32-16-20-37(21-17-32)43-26-38-10-4-5-11-40(38)41-12-6-7-13-42(41)43/h1-28H,30,48H2. The Morgan fingerprint density at radius 2 is 1.02 bits per heavy atom. The molecule has 8 rings (SSSR count). The summed E-state index contributed by atoms with van der Waals surface area (Å²) in [7, 11) is 0. The van der Waals surface area contributed by atoms with E-state index in [2.05, 4.69) is 127 Å². The van der Waals surface area contributed by atoms with Gasteiger partial charge in [-0.05, 0) is 96.4 Å². The van der Waals surface area contributed by atoms with E-state index >= 15 is 0 Å². The Balaban J connectivity index is 1.09. The number of hydrogen-bond acceptors (Lipinski definition) is 3. The summed E-state index contributed by atoms with van der Waals surface area (Å²) in [6.45, 7) is 0.387. The van der Waals surface area contributed by atoms with Gasteiger partial charge in [-0.25, -0.2) is 0 Å². The summed E-state index contributed by atoms with van der Waals surface area (Å²) in [5.41, 5.74) is 17.7. The molecule has 3 nitrogen and oxygen atoms in total. The van der Waals surface area contributed by atoms with E-state index in [1.807, 2.05) is 48.5 Å². The van der Waals surface area contributed by atoms with Crippen molar-refractivity contribution in [1.82, 2.24) is 0 Å². The average molecular weight is 629 g/mol. The van der Waals surface area contributed by atoms with Crippen LogP contribution in [0.4, 0.5) is 5.69 Å². The van der Waals surface area contributed by atoms with E-state index in [1.54, 1.807) is 0 Å². The molecule has 0 heterocycles. The van der Waals surface area contributed by atoms with Crippen LogP contribution in [0.15, 0.2) is 170 Å². The second-order valence-corrected chi connectivity index (χ2v) is 12.2. The molecule has 232 valence electrons. The molecule has 0 aromatic heterocycles. The first-order valence-corrected chi connectivity index (χ1v) is 16.4. The van der Waals surface area contributed by atoms with E-state index in [0.717, 1.165) is 38.9 Å². The highest BCUT2D eigenvalue weighted by atomic mass is 16.5. The highest BCUT2D eigenvalue weighted by Crippen LogP contribution is 2.40. The molecule has 0 bridgehead atoms. The van der Waals surface area contributed by atoms with Gasteiger partial charge in [-0.3, -0.25) is 0 Å². The maximum absolute atomic E-state index is 9.16. The van der Waals surface area contributed by atoms with E-state index in [9.17, 15) is 0 Å². The van der Waals surface area contributed by atoms with Gasteiger partial charge in [0.25, 0.3) is 0 Å². The van der Waals surface area contributed by atoms with Crippen LogP contribution in [0.1, 0.15) is 11.1 Å². The average Bonchev–Trinajstić information content (AvgIpc) is 3.18. The van der Waals surface area contributed by atoms with Crippen LogP contribution in [0.25, 0.3) is 66.1 Å². The normalized spacial score (nSPS) is 11.0. The second kappa shape index (κ2) is 12.9. The lowest BCUT2D eigenvalue weighted by atomic mass is 9.93. The van der Waals surface area contributed by atoms with Crippen molar-refractivity contribution in [2.75, 3.05) is 5.73 Å². The molecule has 0 saturated heterocycles. The van der Waals surface area contributed by atoms with Crippen molar-refractivity contribution >= 4 is 27.2 Å². The van der Waals surface area contributed by atoms with Gasteiger partial charge in [0, 0.05) is 5.56 Å². The van der Waals surface area contributed by atoms with Crippen molar-refractivity contribution in [3.63, 3.8) is 0 Å². The summed E-state index contributed by atoms with van der Waals surface area (Å²) in [5, 5.41) is 14.2. The molecule has 0 spiro atoms. The number of nitrogens with zero attached hydrogens (tertiary/aromatic N) is 1. The van der Waals surface area contributed by atoms with Gasteiger partial charge >= 0.3 is 0 Å². The van der Waals surface area contributed by atoms with Crippen LogP contribution in [0.2, 0.25) is 0 Å². The van der Waals surface area contributed by atoms with Gasteiger partial charge in [0.2, 0.25) is 0 Å². The molecule has 0 saturated carbocycles. The molecule has 0 radical (unpaired) electrons. The fourth-order valence-corrected chi connectivity index (χ4v) is 6.60. The molecule has 0 amide bonds. The van der Waals surface area contributed by atoms with Gasteiger partial charge in [0.1, 0.15) is 12.4 Å². The number of hydrogen-bond donors (Lipinski definition) is 1. The Labute approximate surface area is 286 Å². The summed E-state index contributed by atoms with van der Waals surface area (Å²) >= 11 is 0. The Morgan fingerprint density at radius 3 is 1.71 bits per heavy atom. The first-order valence-electron chi connectivity index (χ1n) is 16.4. The third-order valence-corrected chi connectivity index (χ3v) is 9.22. The summed E-state index contributed by atoms with van der Waals surface area (Å²) in [4.78, 5) is 0. The number of rotatable bonds is 7. The summed E-state index contributed by atoms with van der Waals surface area (Å²) in [6, 6.07) is 60.8. The van der Waals surface area contributed by atoms with Crippen LogP contribution in [-0.2, 0) is 6.61 Å². The fourth-order valence-electron chi connectivity index (χ4n) is 6.60. The molecule has 0 fully saturated rings. The highest BCUT2D eigenvalue weighted by Gasteiger charge is 2.14. The number of nitriles is 1. The number of nitrogen functional groups attached to an aromatic ring is 1. The highest BCUT2D eigenvalue weighted by molar-refractivity contribution is 6.13. The molecular formula is C46H32N2O. The van der Waals surface area contributed by atoms with Crippen molar-refractivity contribution in [2.45, 2.75) is 6.61 Å². The molecule has 49 heavy (non-hydrogen) atoms. The van der Waals surface area contributed by atoms with Gasteiger partial charge in [-0.15, -0.1) is 0 Å². The monoisotopic (exact) mass is 628 g/mol. The molecule has 0 aliphatic rings. The Morgan fingerprint density at radius 1 is 0.469 bits per heavy atom. The summed E-state index contributed by atoms with van der Waals surface area (Å²) in [5.74, 6) is 0.650. The van der Waals surface area contributed by atoms with Gasteiger partial charge in [-0.1, -0.05) is 140 Å². The maximum atomic E-state index is 9.16. The third-order valence-electron chi connectivity index (χ3n) is 9.22. The zero-order chi connectivity index (χ0) is 33.2. The lowest BCUT2D eigenvalue weighted by Gasteiger charge is -2.16. The smallest absolute Gasteiger partial charge is 0.143 e. The largest absolute Gasteiger partial charge is 0.487 e. The Kier molecular flexibility index (Phi) is 7.82. The van der Waals surface area contributed by atoms with Crippen molar-refractivity contribution in [1.29, 1.82) is 5.26 Å². The molecule has 3 heteroatoms. The first kappa shape index (κ1) is 29.8. The van der Waals surface area contributed by atoms with E-state index in [-0.39, 0.29) is 0 Å². The van der Waals surface area contributed by atoms with Crippen molar-refractivity contribution in [3.05, 3.63) is 181 Å². The SMILES string of the molecule is N#Cc1ccc(-c2ccc(-c3cc(OCc4ccc(-c5cc6ccccc6c6ccccc56)cc4)c(N)c(-c4ccccc4)c3)cc2)cc1. The van der Waals surface area contributed by atoms with Crippen LogP contribution in [0, 0.1) is 11.3 Å². The van der Waals surface area contributed by atoms with Gasteiger partial charge in [-0.2, -0.15) is 5.26 Å². The van der Waals surface area contributed by atoms with Crippen LogP contribution < -0.4 is 10.5 Å². The van der Waals surface area contributed by atoms with E-state index in [4.69, 9.17) is 15.7 Å². The number of anilines is 1. The quantitative estimate of drug-likeness (QED) is 0.141. The van der Waals surface area contributed by atoms with Gasteiger partial charge in [0.15, 0.2) is 0 Å². The first-order chi connectivity index (χ1) is 24.1. The van der Waals surface area contributed by atoms with Crippen molar-refractivity contribution in [3.8, 4) is 56.3 Å². The summed E-state index contributed by atoms with van der Waals surface area (Å²) in [6.07, 6.45) is 0. The minimum absolute atomic E-state index is 0.387. The lowest BCUT2D eigenvalue weighted by molar-refractivity contribution is 0.308. The molecule has 0 unspecified atom stereocenters. The van der Waals surface area contributed by atoms with Crippen molar-refractivity contribution < 1.29 is 4.74 Å². The predicted molar refractivity (Wildman–Crippen MR) is 203 cm³/mol. The molecular weight excluding hydrogens is 597 g/mol. The molecule has 0 atom stereocenters. The lowest BCUT2D eigenvalue weighted by Crippen LogP contribution is -2.01. The number of nitrogens with two attached hydrogens (primary N) is 1. The minimum atomic E-state index is 0.387. The number of benzene rings is 8. The predicted octanol–water partition coefficient (Wildman–Crippen LogP) is 11.7. The third kappa shape index (κ3) is 5.89. The molecule has 8 aromatic rings. The van der Waals surface area contributed by atoms with E-state index in [0.29, 0.717) is 23.6 Å². The topological polar surface area (TPSA) is 59.0 Å². The molecule has 0 aliphatic heterocycles. The fraction of sp³-hybridized carbons (Fsp3) is 0.0217. The summed E-state index contributed by atoms with van der Waals surface area (Å²) < 4.78 is 6.48. The van der Waals surface area contributed by atoms with Gasteiger partial charge < -0.3 is 10.5 Å². The molecule has 0 aliphatic carbocycles. The zero-order valence-corrected chi connectivity index (χ0v) is 26.8. The maximum Gasteiger partial charge on any atom is 0.143 e. The Bertz CT molecular complexity index is 2480. The number of ether oxygens (including phenoxy) is 1. The van der Waals surface area contributed by atoms with Crippen LogP contribution in [-0.4, -0.2) is 0 Å². The van der Waals surface area contributed by atoms with Crippen LogP contribution >= 0.6 is 0 Å².